The van der Waals surface area contributed by atoms with Crippen molar-refractivity contribution < 1.29 is 0 Å². The second kappa shape index (κ2) is 12.1. The van der Waals surface area contributed by atoms with Gasteiger partial charge in [-0.25, -0.2) is 15.0 Å². The molecular weight excluding hydrogens is 558 g/mol. The van der Waals surface area contributed by atoms with Gasteiger partial charge in [0, 0.05) is 48.5 Å². The highest BCUT2D eigenvalue weighted by Crippen LogP contribution is 2.39. The molecule has 0 atom stereocenters. The second-order valence-corrected chi connectivity index (χ2v) is 12.1. The molecule has 0 bridgehead atoms. The van der Waals surface area contributed by atoms with E-state index in [0.29, 0.717) is 16.2 Å². The number of thiocarbonyl (C=S) groups is 1. The maximum absolute atomic E-state index is 6.19. The van der Waals surface area contributed by atoms with E-state index in [2.05, 4.69) is 61.9 Å². The van der Waals surface area contributed by atoms with Crippen molar-refractivity contribution in [3.63, 3.8) is 0 Å². The second-order valence-electron chi connectivity index (χ2n) is 10.3. The summed E-state index contributed by atoms with van der Waals surface area (Å²) in [7, 11) is 0. The van der Waals surface area contributed by atoms with Crippen LogP contribution in [0.1, 0.15) is 48.8 Å². The molecule has 3 heterocycles. The highest BCUT2D eigenvalue weighted by Gasteiger charge is 2.34. The van der Waals surface area contributed by atoms with Crippen LogP contribution in [0, 0.1) is 0 Å². The molecule has 10 heteroatoms. The van der Waals surface area contributed by atoms with E-state index < -0.39 is 0 Å². The fourth-order valence-corrected chi connectivity index (χ4v) is 6.60. The Kier molecular flexibility index (Phi) is 8.13. The third kappa shape index (κ3) is 6.22. The summed E-state index contributed by atoms with van der Waals surface area (Å²) in [5.74, 6) is 1.29. The monoisotopic (exact) mass is 587 g/mol. The number of benzene rings is 2. The Labute approximate surface area is 249 Å². The molecule has 0 amide bonds. The van der Waals surface area contributed by atoms with Crippen LogP contribution >= 0.6 is 35.6 Å². The molecule has 0 unspecified atom stereocenters. The Morgan fingerprint density at radius 1 is 0.925 bits per heavy atom. The Morgan fingerprint density at radius 3 is 2.33 bits per heavy atom. The van der Waals surface area contributed by atoms with E-state index >= 15 is 0 Å². The minimum Gasteiger partial charge on any atom is -0.361 e. The molecule has 1 fully saturated rings. The molecule has 2 aliphatic rings. The van der Waals surface area contributed by atoms with Crippen molar-refractivity contribution in [3.8, 4) is 0 Å². The van der Waals surface area contributed by atoms with E-state index in [1.54, 1.807) is 18.5 Å². The van der Waals surface area contributed by atoms with Crippen LogP contribution in [0.3, 0.4) is 0 Å². The van der Waals surface area contributed by atoms with Crippen LogP contribution in [0.5, 0.6) is 0 Å². The number of rotatable bonds is 7. The summed E-state index contributed by atoms with van der Waals surface area (Å²) >= 11 is 13.4. The lowest BCUT2D eigenvalue weighted by Crippen LogP contribution is -2.43. The summed E-state index contributed by atoms with van der Waals surface area (Å²) in [5, 5.41) is 9.40. The van der Waals surface area contributed by atoms with Crippen molar-refractivity contribution in [2.24, 2.45) is 0 Å². The standard InChI is InChI=1S/C30H30ClN7S2/c31-24-11-9-23(10-12-24)30(13-4-1-5-14-30)20-34-28(39)37-27-35-25(38-18-21-7-2-3-8-22(21)19-38)17-26(36-27)40-29-32-15-6-16-33-29/h2-3,6-12,15-17H,1,4-5,13-14,18-20H2,(H2,34,35,36,37,39). The average Bonchev–Trinajstić information content (AvgIpc) is 3.42. The van der Waals surface area contributed by atoms with Gasteiger partial charge >= 0.3 is 0 Å². The number of anilines is 2. The van der Waals surface area contributed by atoms with Gasteiger partial charge in [0.15, 0.2) is 10.3 Å². The SMILES string of the molecule is S=C(NCC1(c2ccc(Cl)cc2)CCCCC1)Nc1nc(Sc2ncccn2)cc(N2Cc3ccccc3C2)n1. The molecule has 0 radical (unpaired) electrons. The van der Waals surface area contributed by atoms with Gasteiger partial charge in [-0.15, -0.1) is 0 Å². The van der Waals surface area contributed by atoms with Crippen LogP contribution in [0.4, 0.5) is 11.8 Å². The molecule has 2 N–H and O–H groups in total. The molecular formula is C30H30ClN7S2. The van der Waals surface area contributed by atoms with E-state index in [0.717, 1.165) is 48.3 Å². The number of aromatic nitrogens is 4. The maximum atomic E-state index is 6.19. The summed E-state index contributed by atoms with van der Waals surface area (Å²) < 4.78 is 0. The van der Waals surface area contributed by atoms with Crippen LogP contribution < -0.4 is 15.5 Å². The smallest absolute Gasteiger partial charge is 0.232 e. The lowest BCUT2D eigenvalue weighted by molar-refractivity contribution is 0.292. The summed E-state index contributed by atoms with van der Waals surface area (Å²) in [6.45, 7) is 2.33. The first-order valence-electron chi connectivity index (χ1n) is 13.5. The van der Waals surface area contributed by atoms with Gasteiger partial charge in [-0.1, -0.05) is 67.3 Å². The van der Waals surface area contributed by atoms with Crippen LogP contribution in [0.2, 0.25) is 5.02 Å². The summed E-state index contributed by atoms with van der Waals surface area (Å²) in [6, 6.07) is 20.6. The minimum atomic E-state index is 0.0181. The third-order valence-electron chi connectivity index (χ3n) is 7.67. The molecule has 1 saturated carbocycles. The van der Waals surface area contributed by atoms with E-state index in [9.17, 15) is 0 Å². The number of halogens is 1. The summed E-state index contributed by atoms with van der Waals surface area (Å²) in [5.41, 5.74) is 3.95. The molecule has 0 saturated heterocycles. The molecule has 1 aliphatic heterocycles. The fourth-order valence-electron chi connectivity index (χ4n) is 5.60. The number of hydrogen-bond donors (Lipinski definition) is 2. The average molecular weight is 588 g/mol. The molecule has 0 spiro atoms. The molecule has 4 aromatic rings. The van der Waals surface area contributed by atoms with Crippen LogP contribution in [0.25, 0.3) is 0 Å². The molecule has 6 rings (SSSR count). The van der Waals surface area contributed by atoms with Crippen molar-refractivity contribution in [2.75, 3.05) is 16.8 Å². The Balaban J connectivity index is 1.21. The highest BCUT2D eigenvalue weighted by molar-refractivity contribution is 7.99. The van der Waals surface area contributed by atoms with E-state index in [4.69, 9.17) is 33.8 Å². The normalized spacial score (nSPS) is 15.9. The van der Waals surface area contributed by atoms with E-state index in [1.807, 2.05) is 18.2 Å². The number of hydrogen-bond acceptors (Lipinski definition) is 7. The van der Waals surface area contributed by atoms with Crippen molar-refractivity contribution in [1.29, 1.82) is 0 Å². The molecule has 7 nitrogen and oxygen atoms in total. The molecule has 2 aromatic heterocycles. The molecule has 1 aliphatic carbocycles. The first-order chi connectivity index (χ1) is 19.6. The largest absolute Gasteiger partial charge is 0.361 e. The van der Waals surface area contributed by atoms with E-state index in [-0.39, 0.29) is 5.41 Å². The summed E-state index contributed by atoms with van der Waals surface area (Å²) in [6.07, 6.45) is 9.37. The molecule has 2 aromatic carbocycles. The topological polar surface area (TPSA) is 78.9 Å². The highest BCUT2D eigenvalue weighted by atomic mass is 35.5. The van der Waals surface area contributed by atoms with Crippen molar-refractivity contribution in [1.82, 2.24) is 25.3 Å². The van der Waals surface area contributed by atoms with Gasteiger partial charge in [-0.2, -0.15) is 4.98 Å². The lowest BCUT2D eigenvalue weighted by atomic mass is 9.69. The van der Waals surface area contributed by atoms with Gasteiger partial charge in [-0.05, 0) is 71.7 Å². The first kappa shape index (κ1) is 26.9. The predicted octanol–water partition coefficient (Wildman–Crippen LogP) is 6.78. The minimum absolute atomic E-state index is 0.0181. The first-order valence-corrected chi connectivity index (χ1v) is 15.1. The van der Waals surface area contributed by atoms with Gasteiger partial charge in [0.25, 0.3) is 0 Å². The van der Waals surface area contributed by atoms with Crippen molar-refractivity contribution >= 4 is 52.5 Å². The van der Waals surface area contributed by atoms with Crippen molar-refractivity contribution in [2.45, 2.75) is 60.8 Å². The maximum Gasteiger partial charge on any atom is 0.232 e. The molecule has 204 valence electrons. The number of nitrogens with zero attached hydrogens (tertiary/aromatic N) is 5. The fraction of sp³-hybridized carbons (Fsp3) is 0.300. The molecule has 40 heavy (non-hydrogen) atoms. The predicted molar refractivity (Wildman–Crippen MR) is 165 cm³/mol. The lowest BCUT2D eigenvalue weighted by Gasteiger charge is -2.38. The number of fused-ring (bicyclic) bond motifs is 1. The Bertz CT molecular complexity index is 1450. The van der Waals surface area contributed by atoms with E-state index in [1.165, 1.54) is 47.7 Å². The Morgan fingerprint density at radius 2 is 1.62 bits per heavy atom. The van der Waals surface area contributed by atoms with Crippen molar-refractivity contribution in [3.05, 3.63) is 94.8 Å². The summed E-state index contributed by atoms with van der Waals surface area (Å²) in [4.78, 5) is 20.6. The Hall–Kier alpha value is -3.27. The quantitative estimate of drug-likeness (QED) is 0.138. The zero-order valence-electron chi connectivity index (χ0n) is 22.0. The zero-order valence-corrected chi connectivity index (χ0v) is 24.4. The van der Waals surface area contributed by atoms with Crippen LogP contribution in [0.15, 0.2) is 83.2 Å². The number of nitrogens with one attached hydrogen (secondary N) is 2. The van der Waals surface area contributed by atoms with Gasteiger partial charge in [0.05, 0.1) is 0 Å². The van der Waals surface area contributed by atoms with Crippen LogP contribution in [-0.2, 0) is 18.5 Å². The van der Waals surface area contributed by atoms with Gasteiger partial charge in [0.1, 0.15) is 10.8 Å². The third-order valence-corrected chi connectivity index (χ3v) is 8.98. The van der Waals surface area contributed by atoms with Gasteiger partial charge in [-0.3, -0.25) is 0 Å². The van der Waals surface area contributed by atoms with Gasteiger partial charge < -0.3 is 15.5 Å². The van der Waals surface area contributed by atoms with Crippen LogP contribution in [-0.4, -0.2) is 31.6 Å². The zero-order chi connectivity index (χ0) is 27.4. The van der Waals surface area contributed by atoms with Gasteiger partial charge in [0.2, 0.25) is 5.95 Å².